The number of benzene rings is 1. The van der Waals surface area contributed by atoms with Crippen molar-refractivity contribution in [3.8, 4) is 0 Å². The Morgan fingerprint density at radius 3 is 2.78 bits per heavy atom. The Bertz CT molecular complexity index is 805. The number of morpholine rings is 1. The number of halogens is 1. The van der Waals surface area contributed by atoms with Crippen molar-refractivity contribution >= 4 is 23.4 Å². The Labute approximate surface area is 169 Å². The highest BCUT2D eigenvalue weighted by Crippen LogP contribution is 2.46. The van der Waals surface area contributed by atoms with Crippen LogP contribution in [0.1, 0.15) is 49.0 Å². The molecule has 2 aromatic rings. The Balaban J connectivity index is 1.20. The first-order valence-electron chi connectivity index (χ1n) is 9.93. The molecule has 2 aliphatic carbocycles. The maximum absolute atomic E-state index is 6.33. The first kappa shape index (κ1) is 18.0. The van der Waals surface area contributed by atoms with E-state index in [1.54, 1.807) is 0 Å². The van der Waals surface area contributed by atoms with Crippen molar-refractivity contribution in [3.63, 3.8) is 0 Å². The Morgan fingerprint density at radius 2 is 2.00 bits per heavy atom. The molecule has 144 valence electrons. The molecule has 5 rings (SSSR count). The van der Waals surface area contributed by atoms with Crippen molar-refractivity contribution in [2.24, 2.45) is 0 Å². The van der Waals surface area contributed by atoms with Gasteiger partial charge in [0.25, 0.3) is 0 Å². The van der Waals surface area contributed by atoms with E-state index in [2.05, 4.69) is 31.8 Å². The third-order valence-corrected chi connectivity index (χ3v) is 6.96. The van der Waals surface area contributed by atoms with E-state index in [0.29, 0.717) is 12.0 Å². The van der Waals surface area contributed by atoms with Crippen LogP contribution in [0.4, 0.5) is 0 Å². The zero-order valence-corrected chi connectivity index (χ0v) is 17.0. The van der Waals surface area contributed by atoms with Crippen molar-refractivity contribution < 1.29 is 4.74 Å². The van der Waals surface area contributed by atoms with Crippen LogP contribution in [0.5, 0.6) is 0 Å². The minimum absolute atomic E-state index is 0.222. The van der Waals surface area contributed by atoms with E-state index in [1.807, 2.05) is 23.9 Å². The molecule has 5 nitrogen and oxygen atoms in total. The predicted molar refractivity (Wildman–Crippen MR) is 107 cm³/mol. The van der Waals surface area contributed by atoms with Gasteiger partial charge in [0, 0.05) is 42.4 Å². The molecule has 1 aromatic carbocycles. The highest BCUT2D eigenvalue weighted by molar-refractivity contribution is 7.99. The van der Waals surface area contributed by atoms with Crippen LogP contribution in [0.2, 0.25) is 5.02 Å². The van der Waals surface area contributed by atoms with Gasteiger partial charge in [0.05, 0.1) is 12.7 Å². The molecule has 0 bridgehead atoms. The molecule has 0 unspecified atom stereocenters. The second kappa shape index (κ2) is 7.74. The second-order valence-corrected chi connectivity index (χ2v) is 9.24. The molecule has 0 amide bonds. The molecule has 0 N–H and O–H groups in total. The fourth-order valence-electron chi connectivity index (χ4n) is 3.74. The standard InChI is InChI=1S/C20H25ClN4OS/c21-18-4-2-1-3-15(18)11-24-9-10-26-17(12-24)13-27-20-23-22-19(14-5-6-14)25(20)16-7-8-16/h1-4,14,16-17H,5-13H2/t17-/m0/s1. The number of hydrogen-bond acceptors (Lipinski definition) is 5. The second-order valence-electron chi connectivity index (χ2n) is 7.85. The van der Waals surface area contributed by atoms with Crippen LogP contribution in [0.15, 0.2) is 29.4 Å². The van der Waals surface area contributed by atoms with Crippen LogP contribution in [-0.2, 0) is 11.3 Å². The first-order chi connectivity index (χ1) is 13.3. The fraction of sp³-hybridized carbons (Fsp3) is 0.600. The predicted octanol–water partition coefficient (Wildman–Crippen LogP) is 4.14. The Kier molecular flexibility index (Phi) is 5.15. The van der Waals surface area contributed by atoms with Gasteiger partial charge in [-0.2, -0.15) is 0 Å². The number of ether oxygens (including phenoxy) is 1. The minimum Gasteiger partial charge on any atom is -0.375 e. The summed E-state index contributed by atoms with van der Waals surface area (Å²) in [6.45, 7) is 3.55. The zero-order chi connectivity index (χ0) is 18.2. The lowest BCUT2D eigenvalue weighted by Gasteiger charge is -2.33. The molecule has 1 aromatic heterocycles. The lowest BCUT2D eigenvalue weighted by atomic mass is 10.2. The number of hydrogen-bond donors (Lipinski definition) is 0. The lowest BCUT2D eigenvalue weighted by Crippen LogP contribution is -2.43. The molecule has 1 aliphatic heterocycles. The Hall–Kier alpha value is -1.08. The van der Waals surface area contributed by atoms with Gasteiger partial charge in [-0.1, -0.05) is 41.6 Å². The molecule has 1 saturated heterocycles. The van der Waals surface area contributed by atoms with Gasteiger partial charge in [-0.15, -0.1) is 10.2 Å². The van der Waals surface area contributed by atoms with Crippen LogP contribution in [0.25, 0.3) is 0 Å². The van der Waals surface area contributed by atoms with Crippen LogP contribution >= 0.6 is 23.4 Å². The normalized spacial score (nSPS) is 23.7. The fourth-order valence-corrected chi connectivity index (χ4v) is 4.95. The number of thioether (sulfide) groups is 1. The van der Waals surface area contributed by atoms with Gasteiger partial charge in [-0.3, -0.25) is 4.90 Å². The van der Waals surface area contributed by atoms with E-state index in [-0.39, 0.29) is 6.10 Å². The van der Waals surface area contributed by atoms with Gasteiger partial charge in [0.15, 0.2) is 5.16 Å². The SMILES string of the molecule is Clc1ccccc1CN1CCO[C@H](CSc2nnc(C3CC3)n2C2CC2)C1. The summed E-state index contributed by atoms with van der Waals surface area (Å²) < 4.78 is 8.45. The summed E-state index contributed by atoms with van der Waals surface area (Å²) in [5.74, 6) is 2.81. The molecule has 0 radical (unpaired) electrons. The molecule has 3 aliphatic rings. The maximum atomic E-state index is 6.33. The van der Waals surface area contributed by atoms with Gasteiger partial charge in [0.2, 0.25) is 0 Å². The monoisotopic (exact) mass is 404 g/mol. The number of rotatable bonds is 7. The van der Waals surface area contributed by atoms with Crippen LogP contribution in [0, 0.1) is 0 Å². The topological polar surface area (TPSA) is 43.2 Å². The summed E-state index contributed by atoms with van der Waals surface area (Å²) in [6.07, 6.45) is 5.32. The van der Waals surface area contributed by atoms with E-state index in [4.69, 9.17) is 16.3 Å². The third kappa shape index (κ3) is 4.19. The van der Waals surface area contributed by atoms with Gasteiger partial charge < -0.3 is 9.30 Å². The molecule has 27 heavy (non-hydrogen) atoms. The quantitative estimate of drug-likeness (QED) is 0.649. The smallest absolute Gasteiger partial charge is 0.191 e. The summed E-state index contributed by atoms with van der Waals surface area (Å²) in [4.78, 5) is 2.44. The van der Waals surface area contributed by atoms with Crippen LogP contribution < -0.4 is 0 Å². The van der Waals surface area contributed by atoms with Crippen LogP contribution in [-0.4, -0.2) is 51.2 Å². The van der Waals surface area contributed by atoms with Crippen molar-refractivity contribution in [3.05, 3.63) is 40.7 Å². The maximum Gasteiger partial charge on any atom is 0.191 e. The molecule has 3 fully saturated rings. The van der Waals surface area contributed by atoms with Crippen molar-refractivity contribution in [2.75, 3.05) is 25.4 Å². The molecular formula is C20H25ClN4OS. The van der Waals surface area contributed by atoms with E-state index < -0.39 is 0 Å². The van der Waals surface area contributed by atoms with Gasteiger partial charge in [-0.05, 0) is 37.3 Å². The van der Waals surface area contributed by atoms with Crippen molar-refractivity contribution in [1.29, 1.82) is 0 Å². The average molecular weight is 405 g/mol. The molecule has 2 saturated carbocycles. The Morgan fingerprint density at radius 1 is 1.15 bits per heavy atom. The first-order valence-corrected chi connectivity index (χ1v) is 11.3. The van der Waals surface area contributed by atoms with Gasteiger partial charge >= 0.3 is 0 Å². The van der Waals surface area contributed by atoms with Crippen molar-refractivity contribution in [2.45, 2.75) is 55.4 Å². The summed E-state index contributed by atoms with van der Waals surface area (Å²) in [7, 11) is 0. The van der Waals surface area contributed by atoms with E-state index in [0.717, 1.165) is 42.2 Å². The summed E-state index contributed by atoms with van der Waals surface area (Å²) in [5, 5.41) is 11.0. The van der Waals surface area contributed by atoms with E-state index in [9.17, 15) is 0 Å². The molecule has 7 heteroatoms. The van der Waals surface area contributed by atoms with Crippen LogP contribution in [0.3, 0.4) is 0 Å². The van der Waals surface area contributed by atoms with Gasteiger partial charge in [0.1, 0.15) is 5.82 Å². The average Bonchev–Trinajstić information content (AvgIpc) is 3.61. The number of nitrogens with zero attached hydrogens (tertiary/aromatic N) is 4. The molecule has 0 spiro atoms. The van der Waals surface area contributed by atoms with E-state index >= 15 is 0 Å². The largest absolute Gasteiger partial charge is 0.375 e. The van der Waals surface area contributed by atoms with Crippen molar-refractivity contribution in [1.82, 2.24) is 19.7 Å². The summed E-state index contributed by atoms with van der Waals surface area (Å²) in [6, 6.07) is 8.75. The highest BCUT2D eigenvalue weighted by Gasteiger charge is 2.36. The highest BCUT2D eigenvalue weighted by atomic mass is 35.5. The third-order valence-electron chi connectivity index (χ3n) is 5.52. The van der Waals surface area contributed by atoms with E-state index in [1.165, 1.54) is 37.1 Å². The van der Waals surface area contributed by atoms with Gasteiger partial charge in [-0.25, -0.2) is 0 Å². The molecule has 1 atom stereocenters. The minimum atomic E-state index is 0.222. The molecular weight excluding hydrogens is 380 g/mol. The summed E-state index contributed by atoms with van der Waals surface area (Å²) >= 11 is 8.14. The molecule has 2 heterocycles. The zero-order valence-electron chi connectivity index (χ0n) is 15.4. The lowest BCUT2D eigenvalue weighted by molar-refractivity contribution is -0.0187. The number of aromatic nitrogens is 3. The summed E-state index contributed by atoms with van der Waals surface area (Å²) in [5.41, 5.74) is 1.19.